The van der Waals surface area contributed by atoms with E-state index in [2.05, 4.69) is 10.00 Å². The summed E-state index contributed by atoms with van der Waals surface area (Å²) in [6.07, 6.45) is 6.61. The Hall–Kier alpha value is -1.29. The molecule has 3 aliphatic rings. The van der Waals surface area contributed by atoms with Crippen molar-refractivity contribution in [3.63, 3.8) is 0 Å². The van der Waals surface area contributed by atoms with Crippen LogP contribution in [0.4, 0.5) is 0 Å². The second-order valence-corrected chi connectivity index (χ2v) is 10.8. The minimum absolute atomic E-state index is 0.00390. The van der Waals surface area contributed by atoms with E-state index in [1.165, 1.54) is 10.6 Å². The molecule has 1 unspecified atom stereocenters. The predicted molar refractivity (Wildman–Crippen MR) is 106 cm³/mol. The molecule has 3 heterocycles. The van der Waals surface area contributed by atoms with Crippen molar-refractivity contribution in [3.05, 3.63) is 27.7 Å². The van der Waals surface area contributed by atoms with Gasteiger partial charge in [0.1, 0.15) is 0 Å². The van der Waals surface area contributed by atoms with Gasteiger partial charge in [0.2, 0.25) is 10.0 Å². The Morgan fingerprint density at radius 3 is 2.68 bits per heavy atom. The van der Waals surface area contributed by atoms with Crippen LogP contribution in [-0.4, -0.2) is 77.1 Å². The van der Waals surface area contributed by atoms with Gasteiger partial charge in [0.25, 0.3) is 5.56 Å². The molecule has 0 spiro atoms. The standard InChI is InChI=1S/C19H30N4O4S/c1-28(26,27)22-10-7-19(25,14-22)13-21-8-5-15(6-9-21)12-23-18(24)11-16-3-2-4-17(16)20-23/h11,15,25H,2-10,12-14H2,1H3. The van der Waals surface area contributed by atoms with E-state index in [1.807, 2.05) is 0 Å². The van der Waals surface area contributed by atoms with Crippen molar-refractivity contribution in [2.75, 3.05) is 39.0 Å². The highest BCUT2D eigenvalue weighted by Gasteiger charge is 2.41. The number of aromatic nitrogens is 2. The number of rotatable bonds is 5. The van der Waals surface area contributed by atoms with E-state index in [1.54, 1.807) is 10.7 Å². The van der Waals surface area contributed by atoms with Crippen LogP contribution >= 0.6 is 0 Å². The summed E-state index contributed by atoms with van der Waals surface area (Å²) in [4.78, 5) is 14.5. The molecule has 0 bridgehead atoms. The Labute approximate surface area is 166 Å². The van der Waals surface area contributed by atoms with Crippen molar-refractivity contribution in [3.8, 4) is 0 Å². The number of sulfonamides is 1. The summed E-state index contributed by atoms with van der Waals surface area (Å²) in [5.74, 6) is 0.409. The smallest absolute Gasteiger partial charge is 0.267 e. The molecule has 9 heteroatoms. The molecular weight excluding hydrogens is 380 g/mol. The van der Waals surface area contributed by atoms with Gasteiger partial charge in [-0.25, -0.2) is 13.1 Å². The zero-order valence-electron chi connectivity index (χ0n) is 16.5. The fourth-order valence-corrected chi connectivity index (χ4v) is 5.69. The average molecular weight is 411 g/mol. The van der Waals surface area contributed by atoms with Gasteiger partial charge in [-0.2, -0.15) is 9.40 Å². The van der Waals surface area contributed by atoms with Crippen molar-refractivity contribution >= 4 is 10.0 Å². The van der Waals surface area contributed by atoms with Crippen LogP contribution in [0.1, 0.15) is 36.9 Å². The van der Waals surface area contributed by atoms with E-state index in [0.29, 0.717) is 32.0 Å². The number of nitrogens with zero attached hydrogens (tertiary/aromatic N) is 4. The fourth-order valence-electron chi connectivity index (χ4n) is 4.79. The zero-order chi connectivity index (χ0) is 19.9. The maximum absolute atomic E-state index is 12.3. The van der Waals surface area contributed by atoms with Crippen LogP contribution in [0, 0.1) is 5.92 Å². The van der Waals surface area contributed by atoms with Crippen molar-refractivity contribution in [2.45, 2.75) is 50.7 Å². The number of fused-ring (bicyclic) bond motifs is 1. The molecule has 2 fully saturated rings. The van der Waals surface area contributed by atoms with Crippen LogP contribution in [0.5, 0.6) is 0 Å². The first-order valence-corrected chi connectivity index (χ1v) is 12.1. The molecule has 0 radical (unpaired) electrons. The third-order valence-corrected chi connectivity index (χ3v) is 7.70. The molecule has 1 atom stereocenters. The second-order valence-electron chi connectivity index (χ2n) is 8.78. The van der Waals surface area contributed by atoms with E-state index in [4.69, 9.17) is 0 Å². The molecule has 4 rings (SSSR count). The molecule has 0 saturated carbocycles. The monoisotopic (exact) mass is 410 g/mol. The van der Waals surface area contributed by atoms with Gasteiger partial charge in [-0.1, -0.05) is 0 Å². The molecule has 0 amide bonds. The molecule has 28 heavy (non-hydrogen) atoms. The van der Waals surface area contributed by atoms with E-state index >= 15 is 0 Å². The van der Waals surface area contributed by atoms with Gasteiger partial charge in [-0.05, 0) is 63.1 Å². The first-order chi connectivity index (χ1) is 13.2. The normalized spacial score (nSPS) is 27.4. The van der Waals surface area contributed by atoms with Crippen molar-refractivity contribution < 1.29 is 13.5 Å². The van der Waals surface area contributed by atoms with Gasteiger partial charge in [-0.15, -0.1) is 0 Å². The summed E-state index contributed by atoms with van der Waals surface area (Å²) in [5.41, 5.74) is 1.23. The quantitative estimate of drug-likeness (QED) is 0.725. The lowest BCUT2D eigenvalue weighted by atomic mass is 9.94. The van der Waals surface area contributed by atoms with Gasteiger partial charge < -0.3 is 10.0 Å². The summed E-state index contributed by atoms with van der Waals surface area (Å²) < 4.78 is 26.4. The summed E-state index contributed by atoms with van der Waals surface area (Å²) in [5, 5.41) is 15.4. The molecule has 1 aliphatic carbocycles. The molecule has 1 aromatic heterocycles. The summed E-state index contributed by atoms with van der Waals surface area (Å²) in [6.45, 7) is 3.44. The summed E-state index contributed by atoms with van der Waals surface area (Å²) >= 11 is 0. The number of aliphatic hydroxyl groups is 1. The van der Waals surface area contributed by atoms with Crippen LogP contribution < -0.4 is 5.56 Å². The fraction of sp³-hybridized carbons (Fsp3) is 0.789. The number of aryl methyl sites for hydroxylation is 2. The van der Waals surface area contributed by atoms with Crippen LogP contribution in [0.25, 0.3) is 0 Å². The van der Waals surface area contributed by atoms with Crippen LogP contribution in [0.3, 0.4) is 0 Å². The Balaban J connectivity index is 1.30. The second kappa shape index (κ2) is 7.51. The molecule has 1 N–H and O–H groups in total. The van der Waals surface area contributed by atoms with Crippen LogP contribution in [-0.2, 0) is 29.4 Å². The van der Waals surface area contributed by atoms with E-state index in [9.17, 15) is 18.3 Å². The number of hydrogen-bond donors (Lipinski definition) is 1. The Kier molecular flexibility index (Phi) is 5.37. The SMILES string of the molecule is CS(=O)(=O)N1CCC(O)(CN2CCC(Cn3nc4c(cc3=O)CCC4)CC2)C1. The molecule has 0 aromatic carbocycles. The number of hydrogen-bond acceptors (Lipinski definition) is 6. The topological polar surface area (TPSA) is 95.7 Å². The van der Waals surface area contributed by atoms with Crippen molar-refractivity contribution in [2.24, 2.45) is 5.92 Å². The molecule has 2 aliphatic heterocycles. The third kappa shape index (κ3) is 4.32. The molecule has 8 nitrogen and oxygen atoms in total. The Morgan fingerprint density at radius 2 is 2.00 bits per heavy atom. The minimum Gasteiger partial charge on any atom is -0.387 e. The highest BCUT2D eigenvalue weighted by atomic mass is 32.2. The van der Waals surface area contributed by atoms with Gasteiger partial charge in [-0.3, -0.25) is 4.79 Å². The highest BCUT2D eigenvalue weighted by molar-refractivity contribution is 7.88. The zero-order valence-corrected chi connectivity index (χ0v) is 17.3. The van der Waals surface area contributed by atoms with E-state index in [-0.39, 0.29) is 12.1 Å². The van der Waals surface area contributed by atoms with Gasteiger partial charge in [0.15, 0.2) is 0 Å². The predicted octanol–water partition coefficient (Wildman–Crippen LogP) is -0.160. The summed E-state index contributed by atoms with van der Waals surface area (Å²) in [6, 6.07) is 1.76. The van der Waals surface area contributed by atoms with Crippen molar-refractivity contribution in [1.82, 2.24) is 19.0 Å². The average Bonchev–Trinajstić information content (AvgIpc) is 3.23. The molecular formula is C19H30N4O4S. The van der Waals surface area contributed by atoms with Crippen LogP contribution in [0.2, 0.25) is 0 Å². The van der Waals surface area contributed by atoms with Gasteiger partial charge in [0.05, 0.1) is 17.6 Å². The van der Waals surface area contributed by atoms with Crippen molar-refractivity contribution in [1.29, 1.82) is 0 Å². The first kappa shape index (κ1) is 20.0. The minimum atomic E-state index is -3.25. The van der Waals surface area contributed by atoms with Crippen LogP contribution in [0.15, 0.2) is 10.9 Å². The molecule has 156 valence electrons. The van der Waals surface area contributed by atoms with E-state index in [0.717, 1.165) is 56.5 Å². The lowest BCUT2D eigenvalue weighted by molar-refractivity contribution is 0.00581. The number of β-amino-alcohol motifs (C(OH)–C–C–N with tert-alkyl or cyclic N) is 1. The number of piperidine rings is 1. The van der Waals surface area contributed by atoms with E-state index < -0.39 is 15.6 Å². The summed E-state index contributed by atoms with van der Waals surface area (Å²) in [7, 11) is -3.25. The largest absolute Gasteiger partial charge is 0.387 e. The van der Waals surface area contributed by atoms with Gasteiger partial charge >= 0.3 is 0 Å². The maximum Gasteiger partial charge on any atom is 0.267 e. The molecule has 1 aromatic rings. The Morgan fingerprint density at radius 1 is 1.25 bits per heavy atom. The lowest BCUT2D eigenvalue weighted by Crippen LogP contribution is -2.48. The third-order valence-electron chi connectivity index (χ3n) is 6.45. The highest BCUT2D eigenvalue weighted by Crippen LogP contribution is 2.27. The Bertz CT molecular complexity index is 892. The van der Waals surface area contributed by atoms with Gasteiger partial charge in [0, 0.05) is 32.2 Å². The number of likely N-dealkylation sites (tertiary alicyclic amines) is 1. The first-order valence-electron chi connectivity index (χ1n) is 10.2. The molecule has 2 saturated heterocycles. The maximum atomic E-state index is 12.3. The lowest BCUT2D eigenvalue weighted by Gasteiger charge is -2.36.